The van der Waals surface area contributed by atoms with Crippen LogP contribution in [0.1, 0.15) is 26.2 Å². The Labute approximate surface area is 124 Å². The van der Waals surface area contributed by atoms with Gasteiger partial charge in [0.15, 0.2) is 11.5 Å². The summed E-state index contributed by atoms with van der Waals surface area (Å²) in [6, 6.07) is 0. The van der Waals surface area contributed by atoms with Gasteiger partial charge < -0.3 is 19.8 Å². The second-order valence-corrected chi connectivity index (χ2v) is 5.50. The topological polar surface area (TPSA) is 63.5 Å². The lowest BCUT2D eigenvalue weighted by molar-refractivity contribution is 0.134. The molecule has 0 aliphatic heterocycles. The first-order valence-corrected chi connectivity index (χ1v) is 7.76. The Balaban J connectivity index is 1.59. The van der Waals surface area contributed by atoms with Gasteiger partial charge in [-0.15, -0.1) is 0 Å². The summed E-state index contributed by atoms with van der Waals surface area (Å²) in [6.45, 7) is 5.40. The van der Waals surface area contributed by atoms with Crippen molar-refractivity contribution in [1.82, 2.24) is 14.4 Å². The number of aromatic nitrogens is 3. The Morgan fingerprint density at radius 1 is 1.33 bits per heavy atom. The third kappa shape index (κ3) is 3.85. The van der Waals surface area contributed by atoms with Gasteiger partial charge in [-0.1, -0.05) is 6.92 Å². The molecule has 0 saturated heterocycles. The van der Waals surface area contributed by atoms with Gasteiger partial charge in [-0.05, 0) is 25.2 Å². The first-order valence-electron chi connectivity index (χ1n) is 7.76. The quantitative estimate of drug-likeness (QED) is 0.694. The molecule has 6 nitrogen and oxygen atoms in total. The third-order valence-corrected chi connectivity index (χ3v) is 3.52. The minimum Gasteiger partial charge on any atom is -0.379 e. The molecule has 21 heavy (non-hydrogen) atoms. The van der Waals surface area contributed by atoms with E-state index in [4.69, 9.17) is 4.74 Å². The monoisotopic (exact) mass is 289 g/mol. The predicted octanol–water partition coefficient (Wildman–Crippen LogP) is 2.39. The highest BCUT2D eigenvalue weighted by atomic mass is 16.5. The van der Waals surface area contributed by atoms with E-state index in [1.807, 2.05) is 16.8 Å². The SMILES string of the molecule is CCCNc1cn2ccnc2c(NCCOCC2CC2)n1. The fourth-order valence-corrected chi connectivity index (χ4v) is 2.16. The Kier molecular flexibility index (Phi) is 4.55. The van der Waals surface area contributed by atoms with Crippen molar-refractivity contribution in [3.8, 4) is 0 Å². The third-order valence-electron chi connectivity index (χ3n) is 3.52. The molecule has 2 aromatic heterocycles. The fraction of sp³-hybridized carbons (Fsp3) is 0.600. The zero-order chi connectivity index (χ0) is 14.5. The second-order valence-electron chi connectivity index (χ2n) is 5.50. The van der Waals surface area contributed by atoms with Crippen molar-refractivity contribution < 1.29 is 4.74 Å². The maximum Gasteiger partial charge on any atom is 0.180 e. The van der Waals surface area contributed by atoms with E-state index in [1.165, 1.54) is 12.8 Å². The molecular weight excluding hydrogens is 266 g/mol. The van der Waals surface area contributed by atoms with E-state index in [0.29, 0.717) is 6.61 Å². The highest BCUT2D eigenvalue weighted by Gasteiger charge is 2.20. The lowest BCUT2D eigenvalue weighted by atomic mass is 10.4. The second kappa shape index (κ2) is 6.76. The van der Waals surface area contributed by atoms with Crippen LogP contribution >= 0.6 is 0 Å². The van der Waals surface area contributed by atoms with Gasteiger partial charge in [0, 0.05) is 32.1 Å². The number of nitrogens with one attached hydrogen (secondary N) is 2. The van der Waals surface area contributed by atoms with E-state index in [2.05, 4.69) is 27.5 Å². The molecule has 2 aromatic rings. The lowest BCUT2D eigenvalue weighted by Gasteiger charge is -2.11. The van der Waals surface area contributed by atoms with Crippen molar-refractivity contribution >= 4 is 17.3 Å². The molecule has 6 heteroatoms. The van der Waals surface area contributed by atoms with Crippen LogP contribution in [0.4, 0.5) is 11.6 Å². The molecule has 0 amide bonds. The van der Waals surface area contributed by atoms with E-state index in [-0.39, 0.29) is 0 Å². The van der Waals surface area contributed by atoms with Crippen molar-refractivity contribution in [3.05, 3.63) is 18.6 Å². The minimum atomic E-state index is 0.706. The summed E-state index contributed by atoms with van der Waals surface area (Å²) in [4.78, 5) is 8.94. The van der Waals surface area contributed by atoms with Crippen LogP contribution in [0, 0.1) is 5.92 Å². The van der Waals surface area contributed by atoms with Crippen molar-refractivity contribution in [1.29, 1.82) is 0 Å². The number of anilines is 2. The summed E-state index contributed by atoms with van der Waals surface area (Å²) < 4.78 is 7.62. The predicted molar refractivity (Wildman–Crippen MR) is 83.8 cm³/mol. The fourth-order valence-electron chi connectivity index (χ4n) is 2.16. The van der Waals surface area contributed by atoms with Crippen LogP contribution in [0.5, 0.6) is 0 Å². The van der Waals surface area contributed by atoms with E-state index in [1.54, 1.807) is 6.20 Å². The number of imidazole rings is 1. The highest BCUT2D eigenvalue weighted by Crippen LogP contribution is 2.28. The maximum atomic E-state index is 5.63. The molecule has 0 atom stereocenters. The lowest BCUT2D eigenvalue weighted by Crippen LogP contribution is -2.13. The normalized spacial score (nSPS) is 14.5. The average Bonchev–Trinajstić information content (AvgIpc) is 3.19. The highest BCUT2D eigenvalue weighted by molar-refractivity contribution is 5.65. The Hall–Kier alpha value is -1.82. The summed E-state index contributed by atoms with van der Waals surface area (Å²) >= 11 is 0. The molecule has 0 aromatic carbocycles. The van der Waals surface area contributed by atoms with E-state index >= 15 is 0 Å². The van der Waals surface area contributed by atoms with Crippen LogP contribution in [-0.4, -0.2) is 40.7 Å². The summed E-state index contributed by atoms with van der Waals surface area (Å²) in [6.07, 6.45) is 9.41. The number of hydrogen-bond acceptors (Lipinski definition) is 5. The Morgan fingerprint density at radius 3 is 3.05 bits per heavy atom. The molecule has 1 saturated carbocycles. The van der Waals surface area contributed by atoms with Gasteiger partial charge in [-0.25, -0.2) is 9.97 Å². The molecule has 0 unspecified atom stereocenters. The van der Waals surface area contributed by atoms with Crippen LogP contribution in [-0.2, 0) is 4.74 Å². The standard InChI is InChI=1S/C15H23N5O/c1-2-5-16-13-10-20-8-6-18-15(20)14(19-13)17-7-9-21-11-12-3-4-12/h6,8,10,12,16H,2-5,7,9,11H2,1H3,(H,17,19). The molecule has 0 radical (unpaired) electrons. The Morgan fingerprint density at radius 2 is 2.24 bits per heavy atom. The van der Waals surface area contributed by atoms with Crippen LogP contribution in [0.25, 0.3) is 5.65 Å². The summed E-state index contributed by atoms with van der Waals surface area (Å²) in [5.74, 6) is 2.48. The Bertz CT molecular complexity index is 578. The van der Waals surface area contributed by atoms with Gasteiger partial charge >= 0.3 is 0 Å². The zero-order valence-corrected chi connectivity index (χ0v) is 12.5. The summed E-state index contributed by atoms with van der Waals surface area (Å²) in [5, 5.41) is 6.64. The molecule has 3 rings (SSSR count). The molecule has 2 N–H and O–H groups in total. The smallest absolute Gasteiger partial charge is 0.180 e. The number of ether oxygens (including phenoxy) is 1. The van der Waals surface area contributed by atoms with Gasteiger partial charge in [0.1, 0.15) is 5.82 Å². The minimum absolute atomic E-state index is 0.706. The maximum absolute atomic E-state index is 5.63. The first-order chi connectivity index (χ1) is 10.4. The van der Waals surface area contributed by atoms with E-state index < -0.39 is 0 Å². The van der Waals surface area contributed by atoms with Gasteiger partial charge in [-0.3, -0.25) is 0 Å². The average molecular weight is 289 g/mol. The van der Waals surface area contributed by atoms with E-state index in [0.717, 1.165) is 49.3 Å². The van der Waals surface area contributed by atoms with Crippen LogP contribution < -0.4 is 10.6 Å². The van der Waals surface area contributed by atoms with Gasteiger partial charge in [0.2, 0.25) is 0 Å². The molecule has 0 bridgehead atoms. The molecule has 1 fully saturated rings. The van der Waals surface area contributed by atoms with Gasteiger partial charge in [0.05, 0.1) is 12.8 Å². The molecule has 1 aliphatic carbocycles. The number of hydrogen-bond donors (Lipinski definition) is 2. The van der Waals surface area contributed by atoms with Crippen molar-refractivity contribution in [2.24, 2.45) is 5.92 Å². The molecule has 2 heterocycles. The number of fused-ring (bicyclic) bond motifs is 1. The summed E-state index contributed by atoms with van der Waals surface area (Å²) in [7, 11) is 0. The molecular formula is C15H23N5O. The van der Waals surface area contributed by atoms with Crippen molar-refractivity contribution in [2.45, 2.75) is 26.2 Å². The number of nitrogens with zero attached hydrogens (tertiary/aromatic N) is 3. The van der Waals surface area contributed by atoms with Gasteiger partial charge in [-0.2, -0.15) is 0 Å². The number of rotatable bonds is 9. The van der Waals surface area contributed by atoms with Crippen LogP contribution in [0.15, 0.2) is 18.6 Å². The van der Waals surface area contributed by atoms with Crippen LogP contribution in [0.3, 0.4) is 0 Å². The molecule has 0 spiro atoms. The summed E-state index contributed by atoms with van der Waals surface area (Å²) in [5.41, 5.74) is 0.847. The van der Waals surface area contributed by atoms with Crippen molar-refractivity contribution in [2.75, 3.05) is 36.9 Å². The van der Waals surface area contributed by atoms with Crippen LogP contribution in [0.2, 0.25) is 0 Å². The van der Waals surface area contributed by atoms with Gasteiger partial charge in [0.25, 0.3) is 0 Å². The van der Waals surface area contributed by atoms with E-state index in [9.17, 15) is 0 Å². The van der Waals surface area contributed by atoms with Crippen molar-refractivity contribution in [3.63, 3.8) is 0 Å². The largest absolute Gasteiger partial charge is 0.379 e. The zero-order valence-electron chi connectivity index (χ0n) is 12.5. The molecule has 114 valence electrons. The molecule has 1 aliphatic rings. The first kappa shape index (κ1) is 14.1.